The third-order valence-electron chi connectivity index (χ3n) is 6.46. The molecule has 2 aliphatic rings. The van der Waals surface area contributed by atoms with Crippen LogP contribution in [0.25, 0.3) is 11.1 Å². The van der Waals surface area contributed by atoms with E-state index in [1.165, 1.54) is 6.07 Å². The Morgan fingerprint density at radius 2 is 1.60 bits per heavy atom. The fourth-order valence-corrected chi connectivity index (χ4v) is 4.58. The topological polar surface area (TPSA) is 105 Å². The van der Waals surface area contributed by atoms with Gasteiger partial charge in [0.2, 0.25) is 5.91 Å². The second-order valence-corrected chi connectivity index (χ2v) is 8.77. The fourth-order valence-electron chi connectivity index (χ4n) is 4.58. The van der Waals surface area contributed by atoms with Gasteiger partial charge in [-0.3, -0.25) is 4.79 Å². The monoisotopic (exact) mass is 474 g/mol. The van der Waals surface area contributed by atoms with Crippen LogP contribution in [0.2, 0.25) is 0 Å². The molecule has 0 bridgehead atoms. The van der Waals surface area contributed by atoms with Crippen molar-refractivity contribution in [3.05, 3.63) is 89.2 Å². The van der Waals surface area contributed by atoms with Crippen LogP contribution in [0.5, 0.6) is 0 Å². The zero-order valence-electron chi connectivity index (χ0n) is 18.7. The van der Waals surface area contributed by atoms with Gasteiger partial charge in [0, 0.05) is 11.6 Å². The minimum atomic E-state index is -1.40. The van der Waals surface area contributed by atoms with Gasteiger partial charge in [0.05, 0.1) is 5.56 Å². The maximum absolute atomic E-state index is 14.0. The Hall–Kier alpha value is -4.20. The number of nitrogens with one attached hydrogen (secondary N) is 2. The largest absolute Gasteiger partial charge is 0.478 e. The van der Waals surface area contributed by atoms with Gasteiger partial charge in [-0.15, -0.1) is 0 Å². The van der Waals surface area contributed by atoms with E-state index in [0.29, 0.717) is 0 Å². The van der Waals surface area contributed by atoms with Crippen LogP contribution in [0, 0.1) is 11.7 Å². The highest BCUT2D eigenvalue weighted by molar-refractivity contribution is 5.97. The van der Waals surface area contributed by atoms with Crippen molar-refractivity contribution in [3.63, 3.8) is 0 Å². The van der Waals surface area contributed by atoms with E-state index < -0.39 is 35.4 Å². The van der Waals surface area contributed by atoms with Crippen LogP contribution in [0.4, 0.5) is 14.9 Å². The molecule has 0 saturated heterocycles. The van der Waals surface area contributed by atoms with Crippen LogP contribution in [-0.2, 0) is 9.53 Å². The number of aromatic carboxylic acids is 1. The quantitative estimate of drug-likeness (QED) is 0.457. The van der Waals surface area contributed by atoms with Crippen molar-refractivity contribution in [1.29, 1.82) is 0 Å². The summed E-state index contributed by atoms with van der Waals surface area (Å²) in [6.07, 6.45) is 0.841. The first-order valence-electron chi connectivity index (χ1n) is 11.4. The molecule has 8 heteroatoms. The predicted octanol–water partition coefficient (Wildman–Crippen LogP) is 4.78. The zero-order chi connectivity index (χ0) is 24.5. The number of anilines is 1. The van der Waals surface area contributed by atoms with Crippen molar-refractivity contribution in [1.82, 2.24) is 5.32 Å². The van der Waals surface area contributed by atoms with E-state index in [4.69, 9.17) is 9.84 Å². The number of ether oxygens (including phenoxy) is 1. The number of alkyl carbamates (subject to hydrolysis) is 1. The number of rotatable bonds is 7. The van der Waals surface area contributed by atoms with E-state index in [9.17, 15) is 18.8 Å². The average molecular weight is 474 g/mol. The summed E-state index contributed by atoms with van der Waals surface area (Å²) in [6.45, 7) is 0.126. The lowest BCUT2D eigenvalue weighted by Crippen LogP contribution is -2.45. The van der Waals surface area contributed by atoms with Gasteiger partial charge in [-0.25, -0.2) is 14.0 Å². The third-order valence-corrected chi connectivity index (χ3v) is 6.46. The van der Waals surface area contributed by atoms with Crippen LogP contribution >= 0.6 is 0 Å². The normalized spacial score (nSPS) is 15.0. The minimum Gasteiger partial charge on any atom is -0.478 e. The number of benzene rings is 3. The molecule has 35 heavy (non-hydrogen) atoms. The summed E-state index contributed by atoms with van der Waals surface area (Å²) < 4.78 is 19.5. The second kappa shape index (κ2) is 9.21. The maximum Gasteiger partial charge on any atom is 0.407 e. The van der Waals surface area contributed by atoms with Crippen LogP contribution in [0.1, 0.15) is 40.2 Å². The molecule has 0 aromatic heterocycles. The molecular weight excluding hydrogens is 451 g/mol. The molecule has 0 spiro atoms. The van der Waals surface area contributed by atoms with Gasteiger partial charge < -0.3 is 20.5 Å². The maximum atomic E-state index is 14.0. The molecule has 3 N–H and O–H groups in total. The second-order valence-electron chi connectivity index (χ2n) is 8.77. The minimum absolute atomic E-state index is 0.0429. The van der Waals surface area contributed by atoms with E-state index in [1.54, 1.807) is 0 Å². The lowest BCUT2D eigenvalue weighted by atomic mass is 9.98. The highest BCUT2D eigenvalue weighted by atomic mass is 19.1. The van der Waals surface area contributed by atoms with Crippen molar-refractivity contribution in [2.45, 2.75) is 24.8 Å². The van der Waals surface area contributed by atoms with E-state index in [0.717, 1.165) is 47.2 Å². The number of hydrogen-bond donors (Lipinski definition) is 3. The van der Waals surface area contributed by atoms with Crippen LogP contribution in [-0.4, -0.2) is 35.7 Å². The summed E-state index contributed by atoms with van der Waals surface area (Å²) >= 11 is 0. The molecule has 0 radical (unpaired) electrons. The molecule has 2 aliphatic carbocycles. The summed E-state index contributed by atoms with van der Waals surface area (Å²) in [7, 11) is 0. The highest BCUT2D eigenvalue weighted by Gasteiger charge is 2.38. The lowest BCUT2D eigenvalue weighted by molar-refractivity contribution is -0.118. The Bertz CT molecular complexity index is 1270. The predicted molar refractivity (Wildman–Crippen MR) is 127 cm³/mol. The molecule has 3 aromatic rings. The zero-order valence-corrected chi connectivity index (χ0v) is 18.7. The van der Waals surface area contributed by atoms with Crippen molar-refractivity contribution in [2.24, 2.45) is 5.92 Å². The van der Waals surface area contributed by atoms with E-state index in [-0.39, 0.29) is 24.1 Å². The molecular formula is C27H23FN2O5. The number of amides is 2. The molecule has 0 heterocycles. The molecule has 0 aliphatic heterocycles. The van der Waals surface area contributed by atoms with Gasteiger partial charge in [-0.1, -0.05) is 48.5 Å². The SMILES string of the molecule is O=C(NC(C(=O)Nc1ccc(C(=O)O)c(F)c1)C1CC1)OCC1c2ccccc2-c2ccccc21. The summed E-state index contributed by atoms with van der Waals surface area (Å²) in [5, 5.41) is 14.2. The highest BCUT2D eigenvalue weighted by Crippen LogP contribution is 2.44. The molecule has 3 aromatic carbocycles. The molecule has 1 unspecified atom stereocenters. The standard InChI is InChI=1S/C27H23FN2O5/c28-23-13-16(11-12-21(23)26(32)33)29-25(31)24(15-9-10-15)30-27(34)35-14-22-19-7-3-1-5-17(19)18-6-2-4-8-20(18)22/h1-8,11-13,15,22,24H,9-10,14H2,(H,29,31)(H,30,34)(H,32,33). The van der Waals surface area contributed by atoms with Gasteiger partial charge in [-0.05, 0) is 59.2 Å². The average Bonchev–Trinajstić information content (AvgIpc) is 3.63. The Kier molecular flexibility index (Phi) is 5.94. The lowest BCUT2D eigenvalue weighted by Gasteiger charge is -2.19. The first-order chi connectivity index (χ1) is 16.9. The summed E-state index contributed by atoms with van der Waals surface area (Å²) in [5.41, 5.74) is 4.03. The van der Waals surface area contributed by atoms with E-state index in [1.807, 2.05) is 48.5 Å². The van der Waals surface area contributed by atoms with E-state index in [2.05, 4.69) is 10.6 Å². The summed E-state index contributed by atoms with van der Waals surface area (Å²) in [5.74, 6) is -3.00. The van der Waals surface area contributed by atoms with Gasteiger partial charge in [0.15, 0.2) is 0 Å². The molecule has 2 amide bonds. The molecule has 1 fully saturated rings. The Morgan fingerprint density at radius 3 is 2.17 bits per heavy atom. The van der Waals surface area contributed by atoms with Crippen LogP contribution in [0.3, 0.4) is 0 Å². The number of carbonyl (C=O) groups excluding carboxylic acids is 2. The number of fused-ring (bicyclic) bond motifs is 3. The number of carbonyl (C=O) groups is 3. The van der Waals surface area contributed by atoms with Crippen molar-refractivity contribution < 1.29 is 28.6 Å². The molecule has 178 valence electrons. The Morgan fingerprint density at radius 1 is 0.971 bits per heavy atom. The van der Waals surface area contributed by atoms with Crippen LogP contribution in [0.15, 0.2) is 66.7 Å². The first kappa shape index (κ1) is 22.6. The summed E-state index contributed by atoms with van der Waals surface area (Å²) in [4.78, 5) is 36.5. The number of carboxylic acids is 1. The smallest absolute Gasteiger partial charge is 0.407 e. The first-order valence-corrected chi connectivity index (χ1v) is 11.4. The number of halogens is 1. The van der Waals surface area contributed by atoms with Gasteiger partial charge in [0.1, 0.15) is 18.5 Å². The Balaban J connectivity index is 1.24. The van der Waals surface area contributed by atoms with Gasteiger partial charge in [-0.2, -0.15) is 0 Å². The fraction of sp³-hybridized carbons (Fsp3) is 0.222. The molecule has 1 saturated carbocycles. The van der Waals surface area contributed by atoms with Crippen molar-refractivity contribution in [3.8, 4) is 11.1 Å². The number of hydrogen-bond acceptors (Lipinski definition) is 4. The summed E-state index contributed by atoms with van der Waals surface area (Å²) in [6, 6.07) is 18.5. The third kappa shape index (κ3) is 4.59. The number of carboxylic acid groups (broad SMARTS) is 1. The molecule has 7 nitrogen and oxygen atoms in total. The van der Waals surface area contributed by atoms with Gasteiger partial charge >= 0.3 is 12.1 Å². The van der Waals surface area contributed by atoms with Crippen LogP contribution < -0.4 is 10.6 Å². The van der Waals surface area contributed by atoms with Crippen molar-refractivity contribution in [2.75, 3.05) is 11.9 Å². The van der Waals surface area contributed by atoms with Crippen molar-refractivity contribution >= 4 is 23.7 Å². The Labute approximate surface area is 200 Å². The molecule has 1 atom stereocenters. The molecule has 5 rings (SSSR count). The van der Waals surface area contributed by atoms with Gasteiger partial charge in [0.25, 0.3) is 0 Å². The van der Waals surface area contributed by atoms with E-state index >= 15 is 0 Å².